The number of fused-ring (bicyclic) bond motifs is 1. The van der Waals surface area contributed by atoms with Crippen LogP contribution in [0.4, 0.5) is 11.6 Å². The number of hydrogen-bond donors (Lipinski definition) is 3. The van der Waals surface area contributed by atoms with Gasteiger partial charge in [0.1, 0.15) is 36.4 Å². The molecule has 10 heteroatoms. The number of ether oxygens (including phenoxy) is 1. The van der Waals surface area contributed by atoms with Gasteiger partial charge in [-0.25, -0.2) is 19.7 Å². The molecule has 1 aromatic carbocycles. The lowest BCUT2D eigenvalue weighted by Gasteiger charge is -2.24. The molecule has 1 unspecified atom stereocenters. The summed E-state index contributed by atoms with van der Waals surface area (Å²) in [5.74, 6) is 1.33. The number of hydrogen-bond acceptors (Lipinski definition) is 9. The number of aromatic nitrogens is 4. The van der Waals surface area contributed by atoms with Gasteiger partial charge >= 0.3 is 5.97 Å². The molecule has 4 heterocycles. The monoisotopic (exact) mass is 595 g/mol. The minimum Gasteiger partial charge on any atom is -0.491 e. The van der Waals surface area contributed by atoms with Gasteiger partial charge < -0.3 is 20.5 Å². The number of anilines is 2. The van der Waals surface area contributed by atoms with Crippen molar-refractivity contribution in [1.82, 2.24) is 24.8 Å². The van der Waals surface area contributed by atoms with Crippen molar-refractivity contribution in [3.63, 3.8) is 0 Å². The van der Waals surface area contributed by atoms with E-state index >= 15 is 0 Å². The Morgan fingerprint density at radius 3 is 2.75 bits per heavy atom. The van der Waals surface area contributed by atoms with E-state index in [0.29, 0.717) is 31.9 Å². The number of rotatable bonds is 16. The van der Waals surface area contributed by atoms with Gasteiger partial charge in [-0.2, -0.15) is 0 Å². The molecule has 1 aliphatic rings. The van der Waals surface area contributed by atoms with Crippen LogP contribution in [0.5, 0.6) is 5.75 Å². The Hall–Kier alpha value is -4.57. The van der Waals surface area contributed by atoms with E-state index in [1.54, 1.807) is 12.3 Å². The third kappa shape index (κ3) is 9.21. The van der Waals surface area contributed by atoms with E-state index in [-0.39, 0.29) is 0 Å². The minimum atomic E-state index is -0.918. The maximum atomic E-state index is 12.2. The largest absolute Gasteiger partial charge is 0.491 e. The average Bonchev–Trinajstić information content (AvgIpc) is 3.05. The van der Waals surface area contributed by atoms with Gasteiger partial charge in [0.05, 0.1) is 11.9 Å². The first-order valence-corrected chi connectivity index (χ1v) is 15.4. The Balaban J connectivity index is 1.17. The van der Waals surface area contributed by atoms with Crippen LogP contribution in [0, 0.1) is 6.92 Å². The van der Waals surface area contributed by atoms with Crippen molar-refractivity contribution in [2.45, 2.75) is 51.5 Å². The zero-order chi connectivity index (χ0) is 30.6. The number of carbonyl (C=O) groups is 1. The van der Waals surface area contributed by atoms with Crippen LogP contribution < -0.4 is 15.4 Å². The van der Waals surface area contributed by atoms with Crippen molar-refractivity contribution in [2.24, 2.45) is 0 Å². The maximum Gasteiger partial charge on any atom is 0.326 e. The van der Waals surface area contributed by atoms with Gasteiger partial charge in [-0.3, -0.25) is 9.88 Å². The molecule has 10 nitrogen and oxygen atoms in total. The maximum absolute atomic E-state index is 12.2. The summed E-state index contributed by atoms with van der Waals surface area (Å²) in [6.45, 7) is 5.51. The Bertz CT molecular complexity index is 1480. The lowest BCUT2D eigenvalue weighted by atomic mass is 10.1. The number of nitrogens with one attached hydrogen (secondary N) is 2. The second-order valence-electron chi connectivity index (χ2n) is 11.1. The number of carboxylic acids is 1. The van der Waals surface area contributed by atoms with Gasteiger partial charge in [0.25, 0.3) is 0 Å². The van der Waals surface area contributed by atoms with Gasteiger partial charge in [0.2, 0.25) is 0 Å². The summed E-state index contributed by atoms with van der Waals surface area (Å²) in [6, 6.07) is 18.9. The average molecular weight is 596 g/mol. The summed E-state index contributed by atoms with van der Waals surface area (Å²) in [4.78, 5) is 32.3. The summed E-state index contributed by atoms with van der Waals surface area (Å²) in [5, 5.41) is 16.6. The zero-order valence-electron chi connectivity index (χ0n) is 25.3. The van der Waals surface area contributed by atoms with Crippen LogP contribution in [-0.4, -0.2) is 74.7 Å². The summed E-state index contributed by atoms with van der Waals surface area (Å²) >= 11 is 0. The molecule has 1 atom stereocenters. The molecule has 3 N–H and O–H groups in total. The molecule has 0 aliphatic carbocycles. The molecule has 3 aromatic heterocycles. The topological polar surface area (TPSA) is 125 Å². The molecule has 1 aliphatic heterocycles. The van der Waals surface area contributed by atoms with Crippen LogP contribution in [0.2, 0.25) is 0 Å². The van der Waals surface area contributed by atoms with Gasteiger partial charge in [0.15, 0.2) is 0 Å². The quantitative estimate of drug-likeness (QED) is 0.148. The lowest BCUT2D eigenvalue weighted by molar-refractivity contribution is -0.138. The van der Waals surface area contributed by atoms with E-state index in [2.05, 4.69) is 42.6 Å². The number of nitrogens with zero attached hydrogens (tertiary/aromatic N) is 5. The lowest BCUT2D eigenvalue weighted by Crippen LogP contribution is -2.37. The smallest absolute Gasteiger partial charge is 0.326 e. The van der Waals surface area contributed by atoms with E-state index in [1.165, 1.54) is 11.9 Å². The molecule has 230 valence electrons. The number of aryl methyl sites for hydroxylation is 3. The van der Waals surface area contributed by atoms with Crippen LogP contribution in [0.3, 0.4) is 0 Å². The van der Waals surface area contributed by atoms with E-state index in [4.69, 9.17) is 9.72 Å². The highest BCUT2D eigenvalue weighted by molar-refractivity contribution is 5.77. The molecule has 4 aromatic rings. The van der Waals surface area contributed by atoms with Crippen LogP contribution in [0.15, 0.2) is 73.2 Å². The first-order chi connectivity index (χ1) is 21.5. The molecular formula is C34H41N7O3. The number of unbranched alkanes of at least 4 members (excludes halogenated alkanes) is 1. The third-order valence-electron chi connectivity index (χ3n) is 7.76. The minimum absolute atomic E-state index is 0.407. The Labute approximate surface area is 259 Å². The molecule has 0 amide bonds. The highest BCUT2D eigenvalue weighted by Crippen LogP contribution is 2.21. The second kappa shape index (κ2) is 15.8. The standard InChI is InChI=1S/C34H41N7O3/c1-25-12-15-29(23-36-25)44-21-20-41(18-6-5-11-28-14-13-27-10-7-17-35-33(27)39-28)19-16-30(34(42)43)40-32-22-31(37-24-38-32)26-8-3-2-4-9-26/h2-4,8-9,12-15,22-24,30H,5-7,10-11,16-21H2,1H3,(H,35,39)(H,42,43)(H,37,38,40). The van der Waals surface area contributed by atoms with Gasteiger partial charge in [0, 0.05) is 42.7 Å². The SMILES string of the molecule is Cc1ccc(OCCN(CCCCc2ccc3c(n2)NCCC3)CCC(Nc2cc(-c3ccccc3)ncn2)C(=O)O)cn1. The molecule has 0 bridgehead atoms. The second-order valence-corrected chi connectivity index (χ2v) is 11.1. The Kier molecular flexibility index (Phi) is 11.1. The highest BCUT2D eigenvalue weighted by Gasteiger charge is 2.20. The van der Waals surface area contributed by atoms with E-state index < -0.39 is 12.0 Å². The molecule has 5 rings (SSSR count). The fraction of sp³-hybridized carbons (Fsp3) is 0.382. The molecule has 0 radical (unpaired) electrons. The number of benzene rings is 1. The van der Waals surface area contributed by atoms with Gasteiger partial charge in [-0.1, -0.05) is 36.4 Å². The van der Waals surface area contributed by atoms with Crippen molar-refractivity contribution in [3.05, 3.63) is 90.1 Å². The van der Waals surface area contributed by atoms with Crippen molar-refractivity contribution >= 4 is 17.6 Å². The molecule has 0 spiro atoms. The number of carboxylic acid groups (broad SMARTS) is 1. The molecule has 0 saturated carbocycles. The van der Waals surface area contributed by atoms with E-state index in [0.717, 1.165) is 79.4 Å². The fourth-order valence-corrected chi connectivity index (χ4v) is 5.27. The van der Waals surface area contributed by atoms with Crippen LogP contribution in [0.25, 0.3) is 11.3 Å². The fourth-order valence-electron chi connectivity index (χ4n) is 5.27. The molecule has 0 saturated heterocycles. The number of aliphatic carboxylic acids is 1. The van der Waals surface area contributed by atoms with Crippen LogP contribution >= 0.6 is 0 Å². The molecule has 44 heavy (non-hydrogen) atoms. The van der Waals surface area contributed by atoms with Crippen LogP contribution in [-0.2, 0) is 17.6 Å². The Morgan fingerprint density at radius 2 is 1.93 bits per heavy atom. The summed E-state index contributed by atoms with van der Waals surface area (Å²) in [5.41, 5.74) is 5.03. The van der Waals surface area contributed by atoms with Crippen molar-refractivity contribution in [1.29, 1.82) is 0 Å². The van der Waals surface area contributed by atoms with Crippen molar-refractivity contribution in [2.75, 3.05) is 43.4 Å². The first-order valence-electron chi connectivity index (χ1n) is 15.4. The van der Waals surface area contributed by atoms with E-state index in [9.17, 15) is 9.90 Å². The third-order valence-corrected chi connectivity index (χ3v) is 7.76. The summed E-state index contributed by atoms with van der Waals surface area (Å²) in [6.07, 6.45) is 8.71. The Morgan fingerprint density at radius 1 is 1.05 bits per heavy atom. The zero-order valence-corrected chi connectivity index (χ0v) is 25.3. The molecular weight excluding hydrogens is 554 g/mol. The summed E-state index contributed by atoms with van der Waals surface area (Å²) < 4.78 is 5.96. The normalized spacial score (nSPS) is 13.1. The van der Waals surface area contributed by atoms with E-state index in [1.807, 2.05) is 49.4 Å². The number of pyridine rings is 2. The predicted octanol–water partition coefficient (Wildman–Crippen LogP) is 5.26. The predicted molar refractivity (Wildman–Crippen MR) is 172 cm³/mol. The van der Waals surface area contributed by atoms with Crippen LogP contribution in [0.1, 0.15) is 42.6 Å². The van der Waals surface area contributed by atoms with Gasteiger partial charge in [-0.05, 0) is 75.8 Å². The summed E-state index contributed by atoms with van der Waals surface area (Å²) in [7, 11) is 0. The van der Waals surface area contributed by atoms with Gasteiger partial charge in [-0.15, -0.1) is 0 Å². The van der Waals surface area contributed by atoms with Crippen molar-refractivity contribution < 1.29 is 14.6 Å². The first kappa shape index (κ1) is 30.9. The highest BCUT2D eigenvalue weighted by atomic mass is 16.5. The molecule has 0 fully saturated rings. The van der Waals surface area contributed by atoms with Crippen molar-refractivity contribution in [3.8, 4) is 17.0 Å².